The molecule has 112 valence electrons. The summed E-state index contributed by atoms with van der Waals surface area (Å²) in [6.07, 6.45) is 3.53. The number of benzene rings is 1. The summed E-state index contributed by atoms with van der Waals surface area (Å²) in [6.45, 7) is 4.04. The van der Waals surface area contributed by atoms with Crippen molar-refractivity contribution in [2.75, 3.05) is 0 Å². The first-order valence-corrected chi connectivity index (χ1v) is 7.87. The van der Waals surface area contributed by atoms with Crippen LogP contribution in [0.25, 0.3) is 11.3 Å². The third kappa shape index (κ3) is 4.70. The van der Waals surface area contributed by atoms with Crippen molar-refractivity contribution < 1.29 is 9.21 Å². The standard InChI is InChI=1S/C16H19BrN2O2/c1-3-11(2)19-15(20)7-8-16-18-10-14(21-16)12-5-4-6-13(17)9-12/h4-6,9-11H,3,7-8H2,1-2H3,(H,19,20)/t11-/m0/s1. The third-order valence-corrected chi connectivity index (χ3v) is 3.74. The number of nitrogens with zero attached hydrogens (tertiary/aromatic N) is 1. The fourth-order valence-electron chi connectivity index (χ4n) is 1.87. The molecule has 1 atom stereocenters. The van der Waals surface area contributed by atoms with Crippen LogP contribution in [-0.2, 0) is 11.2 Å². The maximum atomic E-state index is 11.7. The van der Waals surface area contributed by atoms with E-state index in [1.54, 1.807) is 6.20 Å². The Kier molecular flexibility index (Phi) is 5.56. The van der Waals surface area contributed by atoms with Crippen LogP contribution in [0.1, 0.15) is 32.6 Å². The molecule has 2 aromatic rings. The molecule has 0 aliphatic rings. The Morgan fingerprint density at radius 3 is 3.00 bits per heavy atom. The Bertz CT molecular complexity index is 610. The van der Waals surface area contributed by atoms with Gasteiger partial charge in [0.25, 0.3) is 0 Å². The number of rotatable bonds is 6. The van der Waals surface area contributed by atoms with Crippen LogP contribution >= 0.6 is 15.9 Å². The normalized spacial score (nSPS) is 12.1. The summed E-state index contributed by atoms with van der Waals surface area (Å²) in [5.74, 6) is 1.34. The van der Waals surface area contributed by atoms with E-state index in [4.69, 9.17) is 4.42 Å². The van der Waals surface area contributed by atoms with Crippen LogP contribution in [0.2, 0.25) is 0 Å². The van der Waals surface area contributed by atoms with Crippen molar-refractivity contribution in [3.05, 3.63) is 40.8 Å². The molecule has 0 radical (unpaired) electrons. The number of carbonyl (C=O) groups excluding carboxylic acids is 1. The molecule has 0 fully saturated rings. The smallest absolute Gasteiger partial charge is 0.220 e. The second-order valence-corrected chi connectivity index (χ2v) is 5.92. The van der Waals surface area contributed by atoms with E-state index in [0.29, 0.717) is 24.5 Å². The summed E-state index contributed by atoms with van der Waals surface area (Å²) in [6, 6.07) is 8.05. The predicted molar refractivity (Wildman–Crippen MR) is 85.9 cm³/mol. The number of hydrogen-bond acceptors (Lipinski definition) is 3. The number of oxazole rings is 1. The molecular formula is C16H19BrN2O2. The van der Waals surface area contributed by atoms with Crippen molar-refractivity contribution in [3.63, 3.8) is 0 Å². The highest BCUT2D eigenvalue weighted by atomic mass is 79.9. The van der Waals surface area contributed by atoms with Gasteiger partial charge in [-0.15, -0.1) is 0 Å². The van der Waals surface area contributed by atoms with Crippen LogP contribution in [0, 0.1) is 0 Å². The predicted octanol–water partition coefficient (Wildman–Crippen LogP) is 3.95. The minimum Gasteiger partial charge on any atom is -0.441 e. The minimum atomic E-state index is 0.0338. The number of nitrogens with one attached hydrogen (secondary N) is 1. The second-order valence-electron chi connectivity index (χ2n) is 5.01. The summed E-state index contributed by atoms with van der Waals surface area (Å²) in [5.41, 5.74) is 0.965. The van der Waals surface area contributed by atoms with Crippen LogP contribution in [0.3, 0.4) is 0 Å². The van der Waals surface area contributed by atoms with E-state index in [1.807, 2.05) is 38.1 Å². The van der Waals surface area contributed by atoms with E-state index in [-0.39, 0.29) is 11.9 Å². The lowest BCUT2D eigenvalue weighted by Gasteiger charge is -2.10. The van der Waals surface area contributed by atoms with Gasteiger partial charge in [-0.05, 0) is 25.5 Å². The van der Waals surface area contributed by atoms with Gasteiger partial charge in [0.05, 0.1) is 6.20 Å². The highest BCUT2D eigenvalue weighted by Crippen LogP contribution is 2.23. The topological polar surface area (TPSA) is 55.1 Å². The molecule has 1 aromatic heterocycles. The Hall–Kier alpha value is -1.62. The zero-order valence-electron chi connectivity index (χ0n) is 12.2. The highest BCUT2D eigenvalue weighted by molar-refractivity contribution is 9.10. The van der Waals surface area contributed by atoms with Crippen molar-refractivity contribution in [2.45, 2.75) is 39.2 Å². The molecule has 0 spiro atoms. The van der Waals surface area contributed by atoms with E-state index in [1.165, 1.54) is 0 Å². The Morgan fingerprint density at radius 2 is 2.29 bits per heavy atom. The van der Waals surface area contributed by atoms with Crippen LogP contribution in [0.5, 0.6) is 0 Å². The molecule has 21 heavy (non-hydrogen) atoms. The average molecular weight is 351 g/mol. The lowest BCUT2D eigenvalue weighted by Crippen LogP contribution is -2.32. The van der Waals surface area contributed by atoms with Crippen LogP contribution in [0.15, 0.2) is 39.4 Å². The van der Waals surface area contributed by atoms with E-state index in [9.17, 15) is 4.79 Å². The summed E-state index contributed by atoms with van der Waals surface area (Å²) in [4.78, 5) is 16.0. The summed E-state index contributed by atoms with van der Waals surface area (Å²) in [5, 5.41) is 2.93. The van der Waals surface area contributed by atoms with Crippen molar-refractivity contribution >= 4 is 21.8 Å². The average Bonchev–Trinajstić information content (AvgIpc) is 2.94. The Labute approximate surface area is 133 Å². The fraction of sp³-hybridized carbons (Fsp3) is 0.375. The maximum absolute atomic E-state index is 11.7. The first-order valence-electron chi connectivity index (χ1n) is 7.08. The van der Waals surface area contributed by atoms with Crippen molar-refractivity contribution in [1.29, 1.82) is 0 Å². The molecule has 1 amide bonds. The maximum Gasteiger partial charge on any atom is 0.220 e. The molecule has 4 nitrogen and oxygen atoms in total. The van der Waals surface area contributed by atoms with Gasteiger partial charge in [-0.25, -0.2) is 4.98 Å². The molecular weight excluding hydrogens is 332 g/mol. The fourth-order valence-corrected chi connectivity index (χ4v) is 2.27. The van der Waals surface area contributed by atoms with Crippen LogP contribution < -0.4 is 5.32 Å². The van der Waals surface area contributed by atoms with E-state index >= 15 is 0 Å². The molecule has 1 heterocycles. The molecule has 0 saturated heterocycles. The molecule has 2 rings (SSSR count). The SMILES string of the molecule is CC[C@H](C)NC(=O)CCc1ncc(-c2cccc(Br)c2)o1. The number of aromatic nitrogens is 1. The zero-order chi connectivity index (χ0) is 15.2. The van der Waals surface area contributed by atoms with Gasteiger partial charge in [-0.1, -0.05) is 35.0 Å². The molecule has 1 aromatic carbocycles. The van der Waals surface area contributed by atoms with Gasteiger partial charge in [0.2, 0.25) is 5.91 Å². The number of hydrogen-bond donors (Lipinski definition) is 1. The summed E-state index contributed by atoms with van der Waals surface area (Å²) < 4.78 is 6.69. The minimum absolute atomic E-state index is 0.0338. The van der Waals surface area contributed by atoms with Crippen molar-refractivity contribution in [1.82, 2.24) is 10.3 Å². The number of aryl methyl sites for hydroxylation is 1. The van der Waals surface area contributed by atoms with Crippen molar-refractivity contribution in [2.24, 2.45) is 0 Å². The van der Waals surface area contributed by atoms with Gasteiger partial charge < -0.3 is 9.73 Å². The zero-order valence-corrected chi connectivity index (χ0v) is 13.8. The van der Waals surface area contributed by atoms with Gasteiger partial charge in [-0.2, -0.15) is 0 Å². The molecule has 0 aliphatic carbocycles. The molecule has 0 unspecified atom stereocenters. The van der Waals surface area contributed by atoms with E-state index < -0.39 is 0 Å². The lowest BCUT2D eigenvalue weighted by molar-refractivity contribution is -0.121. The number of carbonyl (C=O) groups is 1. The first-order chi connectivity index (χ1) is 10.1. The number of halogens is 1. The van der Waals surface area contributed by atoms with Crippen LogP contribution in [-0.4, -0.2) is 16.9 Å². The quantitative estimate of drug-likeness (QED) is 0.857. The van der Waals surface area contributed by atoms with Crippen LogP contribution in [0.4, 0.5) is 0 Å². The van der Waals surface area contributed by atoms with Gasteiger partial charge in [0.1, 0.15) is 0 Å². The van der Waals surface area contributed by atoms with E-state index in [2.05, 4.69) is 26.2 Å². The van der Waals surface area contributed by atoms with Gasteiger partial charge in [0, 0.05) is 28.9 Å². The summed E-state index contributed by atoms with van der Waals surface area (Å²) in [7, 11) is 0. The van der Waals surface area contributed by atoms with Gasteiger partial charge in [-0.3, -0.25) is 4.79 Å². The monoisotopic (exact) mass is 350 g/mol. The Balaban J connectivity index is 1.93. The van der Waals surface area contributed by atoms with Gasteiger partial charge in [0.15, 0.2) is 11.7 Å². The van der Waals surface area contributed by atoms with Crippen molar-refractivity contribution in [3.8, 4) is 11.3 Å². The first kappa shape index (κ1) is 15.8. The number of amides is 1. The van der Waals surface area contributed by atoms with E-state index in [0.717, 1.165) is 16.5 Å². The second kappa shape index (κ2) is 7.41. The molecule has 1 N–H and O–H groups in total. The molecule has 0 bridgehead atoms. The van der Waals surface area contributed by atoms with Gasteiger partial charge >= 0.3 is 0 Å². The Morgan fingerprint density at radius 1 is 1.48 bits per heavy atom. The molecule has 0 saturated carbocycles. The molecule has 0 aliphatic heterocycles. The highest BCUT2D eigenvalue weighted by Gasteiger charge is 2.10. The third-order valence-electron chi connectivity index (χ3n) is 3.25. The lowest BCUT2D eigenvalue weighted by atomic mass is 10.2. The largest absolute Gasteiger partial charge is 0.441 e. The summed E-state index contributed by atoms with van der Waals surface area (Å²) >= 11 is 3.43. The molecule has 5 heteroatoms.